The van der Waals surface area contributed by atoms with Gasteiger partial charge in [0.2, 0.25) is 0 Å². The Hall–Kier alpha value is -0.280. The zero-order chi connectivity index (χ0) is 15.2. The summed E-state index contributed by atoms with van der Waals surface area (Å²) in [6.07, 6.45) is 7.59. The van der Waals surface area contributed by atoms with Crippen molar-refractivity contribution in [3.63, 3.8) is 0 Å². The third-order valence-corrected chi connectivity index (χ3v) is 5.21. The molecule has 1 aliphatic carbocycles. The second-order valence-electron chi connectivity index (χ2n) is 5.93. The number of rotatable bonds is 6. The van der Waals surface area contributed by atoms with Gasteiger partial charge in [0.15, 0.2) is 0 Å². The lowest BCUT2D eigenvalue weighted by atomic mass is 9.81. The lowest BCUT2D eigenvalue weighted by Crippen LogP contribution is -2.45. The third kappa shape index (κ3) is 4.59. The lowest BCUT2D eigenvalue weighted by molar-refractivity contribution is 0.0102. The minimum atomic E-state index is 0.227. The van der Waals surface area contributed by atoms with E-state index in [1.54, 1.807) is 0 Å². The highest BCUT2D eigenvalue weighted by Crippen LogP contribution is 2.31. The number of hydrogen-bond donors (Lipinski definition) is 1. The van der Waals surface area contributed by atoms with E-state index in [-0.39, 0.29) is 12.1 Å². The molecule has 118 valence electrons. The number of halogens is 2. The number of nitrogens with one attached hydrogen (secondary N) is 1. The van der Waals surface area contributed by atoms with Crippen LogP contribution >= 0.6 is 23.2 Å². The molecular weight excluding hydrogens is 305 g/mol. The SMILES string of the molecule is CNC(Cc1cc(Cl)ccc1Cl)C(OC)C1CCCCC1. The van der Waals surface area contributed by atoms with Gasteiger partial charge >= 0.3 is 0 Å². The average Bonchev–Trinajstić information content (AvgIpc) is 2.51. The van der Waals surface area contributed by atoms with Crippen LogP contribution in [0.2, 0.25) is 10.0 Å². The maximum absolute atomic E-state index is 6.30. The lowest BCUT2D eigenvalue weighted by Gasteiger charge is -2.35. The van der Waals surface area contributed by atoms with E-state index in [1.165, 1.54) is 32.1 Å². The number of methoxy groups -OCH3 is 1. The van der Waals surface area contributed by atoms with E-state index in [9.17, 15) is 0 Å². The van der Waals surface area contributed by atoms with Crippen molar-refractivity contribution >= 4 is 23.2 Å². The third-order valence-electron chi connectivity index (χ3n) is 4.60. The van der Waals surface area contributed by atoms with Gasteiger partial charge < -0.3 is 10.1 Å². The van der Waals surface area contributed by atoms with Gasteiger partial charge in [0.05, 0.1) is 6.10 Å². The molecule has 0 aliphatic heterocycles. The quantitative estimate of drug-likeness (QED) is 0.815. The summed E-state index contributed by atoms with van der Waals surface area (Å²) in [6.45, 7) is 0. The summed E-state index contributed by atoms with van der Waals surface area (Å²) >= 11 is 12.4. The van der Waals surface area contributed by atoms with E-state index >= 15 is 0 Å². The molecule has 0 saturated heterocycles. The predicted molar refractivity (Wildman–Crippen MR) is 90.4 cm³/mol. The summed E-state index contributed by atoms with van der Waals surface area (Å²) in [5, 5.41) is 4.93. The van der Waals surface area contributed by atoms with Gasteiger partial charge in [-0.15, -0.1) is 0 Å². The molecule has 1 aromatic carbocycles. The zero-order valence-electron chi connectivity index (χ0n) is 12.9. The molecular formula is C17H25Cl2NO. The monoisotopic (exact) mass is 329 g/mol. The molecule has 1 aromatic rings. The molecule has 21 heavy (non-hydrogen) atoms. The van der Waals surface area contributed by atoms with Crippen LogP contribution in [0.1, 0.15) is 37.7 Å². The smallest absolute Gasteiger partial charge is 0.0755 e. The minimum Gasteiger partial charge on any atom is -0.380 e. The number of hydrogen-bond acceptors (Lipinski definition) is 2. The highest BCUT2D eigenvalue weighted by molar-refractivity contribution is 6.33. The summed E-state index contributed by atoms with van der Waals surface area (Å²) in [4.78, 5) is 0. The summed E-state index contributed by atoms with van der Waals surface area (Å²) in [7, 11) is 3.82. The van der Waals surface area contributed by atoms with Crippen LogP contribution in [0, 0.1) is 5.92 Å². The number of likely N-dealkylation sites (N-methyl/N-ethyl adjacent to an activating group) is 1. The molecule has 4 heteroatoms. The van der Waals surface area contributed by atoms with E-state index in [0.29, 0.717) is 5.92 Å². The Morgan fingerprint density at radius 1 is 1.24 bits per heavy atom. The van der Waals surface area contributed by atoms with Gasteiger partial charge in [-0.2, -0.15) is 0 Å². The van der Waals surface area contributed by atoms with Crippen LogP contribution in [0.5, 0.6) is 0 Å². The molecule has 1 fully saturated rings. The maximum Gasteiger partial charge on any atom is 0.0755 e. The molecule has 1 saturated carbocycles. The van der Waals surface area contributed by atoms with E-state index < -0.39 is 0 Å². The first-order valence-electron chi connectivity index (χ1n) is 7.79. The molecule has 0 heterocycles. The molecule has 0 bridgehead atoms. The highest BCUT2D eigenvalue weighted by atomic mass is 35.5. The second kappa shape index (κ2) is 8.38. The molecule has 1 N–H and O–H groups in total. The largest absolute Gasteiger partial charge is 0.380 e. The summed E-state index contributed by atoms with van der Waals surface area (Å²) < 4.78 is 5.85. The van der Waals surface area contributed by atoms with Crippen LogP contribution in [0.3, 0.4) is 0 Å². The Morgan fingerprint density at radius 2 is 1.95 bits per heavy atom. The Morgan fingerprint density at radius 3 is 2.57 bits per heavy atom. The van der Waals surface area contributed by atoms with Gasteiger partial charge in [-0.25, -0.2) is 0 Å². The first kappa shape index (κ1) is 17.1. The van der Waals surface area contributed by atoms with Crippen LogP contribution < -0.4 is 5.32 Å². The Bertz CT molecular complexity index is 446. The fraction of sp³-hybridized carbons (Fsp3) is 0.647. The van der Waals surface area contributed by atoms with Crippen molar-refractivity contribution in [1.82, 2.24) is 5.32 Å². The molecule has 2 rings (SSSR count). The van der Waals surface area contributed by atoms with Gasteiger partial charge in [-0.3, -0.25) is 0 Å². The summed E-state index contributed by atoms with van der Waals surface area (Å²) in [5.74, 6) is 0.638. The molecule has 0 radical (unpaired) electrons. The van der Waals surface area contributed by atoms with Gasteiger partial charge in [-0.1, -0.05) is 42.5 Å². The standard InChI is InChI=1S/C17H25Cl2NO/c1-20-16(11-13-10-14(18)8-9-15(13)19)17(21-2)12-6-4-3-5-7-12/h8-10,12,16-17,20H,3-7,11H2,1-2H3. The fourth-order valence-electron chi connectivity index (χ4n) is 3.47. The minimum absolute atomic E-state index is 0.227. The van der Waals surface area contributed by atoms with E-state index in [4.69, 9.17) is 27.9 Å². The van der Waals surface area contributed by atoms with Crippen LogP contribution in [-0.4, -0.2) is 26.3 Å². The molecule has 2 atom stereocenters. The molecule has 2 nitrogen and oxygen atoms in total. The van der Waals surface area contributed by atoms with Crippen molar-refractivity contribution in [3.05, 3.63) is 33.8 Å². The molecule has 0 aromatic heterocycles. The van der Waals surface area contributed by atoms with Crippen molar-refractivity contribution in [1.29, 1.82) is 0 Å². The number of benzene rings is 1. The van der Waals surface area contributed by atoms with Gasteiger partial charge in [0.1, 0.15) is 0 Å². The summed E-state index contributed by atoms with van der Waals surface area (Å²) in [5.41, 5.74) is 1.08. The molecule has 0 amide bonds. The van der Waals surface area contributed by atoms with Crippen LogP contribution in [-0.2, 0) is 11.2 Å². The highest BCUT2D eigenvalue weighted by Gasteiger charge is 2.30. The van der Waals surface area contributed by atoms with Gasteiger partial charge in [0.25, 0.3) is 0 Å². The molecule has 1 aliphatic rings. The topological polar surface area (TPSA) is 21.3 Å². The van der Waals surface area contributed by atoms with Crippen LogP contribution in [0.25, 0.3) is 0 Å². The van der Waals surface area contributed by atoms with E-state index in [0.717, 1.165) is 22.0 Å². The van der Waals surface area contributed by atoms with E-state index in [2.05, 4.69) is 5.32 Å². The van der Waals surface area contributed by atoms with Crippen molar-refractivity contribution in [3.8, 4) is 0 Å². The van der Waals surface area contributed by atoms with Crippen molar-refractivity contribution in [2.45, 2.75) is 50.7 Å². The fourth-order valence-corrected chi connectivity index (χ4v) is 3.86. The van der Waals surface area contributed by atoms with Gasteiger partial charge in [0, 0.05) is 23.2 Å². The predicted octanol–water partition coefficient (Wildman–Crippen LogP) is 4.72. The molecule has 0 spiro atoms. The normalized spacial score (nSPS) is 19.4. The van der Waals surface area contributed by atoms with Crippen molar-refractivity contribution in [2.75, 3.05) is 14.2 Å². The molecule has 2 unspecified atom stereocenters. The van der Waals surface area contributed by atoms with Crippen molar-refractivity contribution < 1.29 is 4.74 Å². The van der Waals surface area contributed by atoms with Gasteiger partial charge in [-0.05, 0) is 56.0 Å². The first-order chi connectivity index (χ1) is 10.2. The zero-order valence-corrected chi connectivity index (χ0v) is 14.4. The van der Waals surface area contributed by atoms with Crippen LogP contribution in [0.4, 0.5) is 0 Å². The second-order valence-corrected chi connectivity index (χ2v) is 6.78. The Balaban J connectivity index is 2.11. The maximum atomic E-state index is 6.30. The van der Waals surface area contributed by atoms with E-state index in [1.807, 2.05) is 32.4 Å². The number of ether oxygens (including phenoxy) is 1. The summed E-state index contributed by atoms with van der Waals surface area (Å²) in [6, 6.07) is 5.92. The Kier molecular flexibility index (Phi) is 6.81. The Labute approximate surface area is 138 Å². The van der Waals surface area contributed by atoms with Crippen LogP contribution in [0.15, 0.2) is 18.2 Å². The average molecular weight is 330 g/mol. The van der Waals surface area contributed by atoms with Crippen molar-refractivity contribution in [2.24, 2.45) is 5.92 Å². The first-order valence-corrected chi connectivity index (χ1v) is 8.55.